The molecule has 0 aromatic heterocycles. The number of hydrogen-bond donors (Lipinski definition) is 2. The number of amides is 1. The number of benzene rings is 1. The van der Waals surface area contributed by atoms with Crippen molar-refractivity contribution in [1.29, 1.82) is 0 Å². The van der Waals surface area contributed by atoms with E-state index in [1.54, 1.807) is 0 Å². The van der Waals surface area contributed by atoms with E-state index < -0.39 is 5.82 Å². The van der Waals surface area contributed by atoms with Gasteiger partial charge in [0.25, 0.3) is 5.91 Å². The van der Waals surface area contributed by atoms with Crippen molar-refractivity contribution in [2.24, 2.45) is 0 Å². The second-order valence-electron chi connectivity index (χ2n) is 4.83. The van der Waals surface area contributed by atoms with Gasteiger partial charge in [-0.25, -0.2) is 4.39 Å². The van der Waals surface area contributed by atoms with Gasteiger partial charge in [0.2, 0.25) is 0 Å². The molecule has 1 fully saturated rings. The minimum absolute atomic E-state index is 0.128. The third-order valence-corrected chi connectivity index (χ3v) is 3.74. The molecule has 2 nitrogen and oxygen atoms in total. The minimum atomic E-state index is -0.399. The standard InChI is InChI=1S/C14H18FNOS/c15-12-8-7-10(9-13(12)18)14(17)16-11-5-3-1-2-4-6-11/h7-9,11,18H,1-6H2,(H,16,17). The summed E-state index contributed by atoms with van der Waals surface area (Å²) in [6, 6.07) is 4.52. The Hall–Kier alpha value is -1.03. The van der Waals surface area contributed by atoms with Crippen LogP contribution in [-0.4, -0.2) is 11.9 Å². The summed E-state index contributed by atoms with van der Waals surface area (Å²) in [6.45, 7) is 0. The number of hydrogen-bond acceptors (Lipinski definition) is 2. The number of carbonyl (C=O) groups excluding carboxylic acids is 1. The summed E-state index contributed by atoms with van der Waals surface area (Å²) in [5, 5.41) is 3.03. The van der Waals surface area contributed by atoms with Crippen LogP contribution >= 0.6 is 12.6 Å². The van der Waals surface area contributed by atoms with Gasteiger partial charge in [0.05, 0.1) is 0 Å². The molecule has 98 valence electrons. The summed E-state index contributed by atoms with van der Waals surface area (Å²) >= 11 is 3.99. The van der Waals surface area contributed by atoms with E-state index in [1.165, 1.54) is 43.9 Å². The van der Waals surface area contributed by atoms with Crippen molar-refractivity contribution in [3.05, 3.63) is 29.6 Å². The van der Waals surface area contributed by atoms with Crippen molar-refractivity contribution in [2.75, 3.05) is 0 Å². The summed E-state index contributed by atoms with van der Waals surface area (Å²) in [4.78, 5) is 12.2. The number of carbonyl (C=O) groups is 1. The van der Waals surface area contributed by atoms with E-state index in [4.69, 9.17) is 0 Å². The lowest BCUT2D eigenvalue weighted by Gasteiger charge is -2.16. The van der Waals surface area contributed by atoms with E-state index in [2.05, 4.69) is 17.9 Å². The Labute approximate surface area is 112 Å². The predicted molar refractivity (Wildman–Crippen MR) is 72.6 cm³/mol. The molecule has 0 unspecified atom stereocenters. The van der Waals surface area contributed by atoms with Crippen LogP contribution in [0.2, 0.25) is 0 Å². The van der Waals surface area contributed by atoms with Crippen molar-refractivity contribution in [3.63, 3.8) is 0 Å². The van der Waals surface area contributed by atoms with E-state index in [9.17, 15) is 9.18 Å². The topological polar surface area (TPSA) is 29.1 Å². The summed E-state index contributed by atoms with van der Waals surface area (Å²) < 4.78 is 13.1. The molecule has 18 heavy (non-hydrogen) atoms. The van der Waals surface area contributed by atoms with Crippen LogP contribution in [0.5, 0.6) is 0 Å². The van der Waals surface area contributed by atoms with Crippen LogP contribution in [0.1, 0.15) is 48.9 Å². The van der Waals surface area contributed by atoms with Crippen molar-refractivity contribution in [3.8, 4) is 0 Å². The lowest BCUT2D eigenvalue weighted by atomic mass is 10.1. The third kappa shape index (κ3) is 3.48. The minimum Gasteiger partial charge on any atom is -0.349 e. The van der Waals surface area contributed by atoms with Crippen LogP contribution in [0.25, 0.3) is 0 Å². The molecule has 0 aliphatic heterocycles. The molecule has 1 aliphatic rings. The average molecular weight is 267 g/mol. The smallest absolute Gasteiger partial charge is 0.251 e. The van der Waals surface area contributed by atoms with Gasteiger partial charge < -0.3 is 5.32 Å². The molecular formula is C14H18FNOS. The zero-order chi connectivity index (χ0) is 13.0. The van der Waals surface area contributed by atoms with Crippen LogP contribution in [0.3, 0.4) is 0 Å². The average Bonchev–Trinajstić information content (AvgIpc) is 2.61. The highest BCUT2D eigenvalue weighted by Crippen LogP contribution is 2.18. The molecule has 1 aromatic rings. The largest absolute Gasteiger partial charge is 0.349 e. The van der Waals surface area contributed by atoms with Crippen molar-refractivity contribution < 1.29 is 9.18 Å². The first kappa shape index (κ1) is 13.4. The summed E-state index contributed by atoms with van der Waals surface area (Å²) in [7, 11) is 0. The second-order valence-corrected chi connectivity index (χ2v) is 5.31. The van der Waals surface area contributed by atoms with Crippen molar-refractivity contribution in [2.45, 2.75) is 49.5 Å². The maximum atomic E-state index is 13.1. The van der Waals surface area contributed by atoms with Gasteiger partial charge in [-0.05, 0) is 31.0 Å². The molecule has 2 rings (SSSR count). The van der Waals surface area contributed by atoms with Crippen LogP contribution in [0.15, 0.2) is 23.1 Å². The maximum Gasteiger partial charge on any atom is 0.251 e. The molecule has 0 radical (unpaired) electrons. The Morgan fingerprint density at radius 3 is 2.50 bits per heavy atom. The van der Waals surface area contributed by atoms with Crippen LogP contribution in [0.4, 0.5) is 4.39 Å². The van der Waals surface area contributed by atoms with E-state index >= 15 is 0 Å². The lowest BCUT2D eigenvalue weighted by molar-refractivity contribution is 0.0933. The van der Waals surface area contributed by atoms with Gasteiger partial charge in [-0.1, -0.05) is 25.7 Å². The molecule has 0 atom stereocenters. The summed E-state index contributed by atoms with van der Waals surface area (Å²) in [6.07, 6.45) is 6.94. The zero-order valence-corrected chi connectivity index (χ0v) is 11.2. The van der Waals surface area contributed by atoms with Gasteiger partial charge in [-0.3, -0.25) is 4.79 Å². The monoisotopic (exact) mass is 267 g/mol. The number of halogens is 1. The second kappa shape index (κ2) is 6.23. The van der Waals surface area contributed by atoms with E-state index in [0.29, 0.717) is 5.56 Å². The quantitative estimate of drug-likeness (QED) is 0.622. The maximum absolute atomic E-state index is 13.1. The molecule has 1 aliphatic carbocycles. The van der Waals surface area contributed by atoms with Gasteiger partial charge >= 0.3 is 0 Å². The highest BCUT2D eigenvalue weighted by molar-refractivity contribution is 7.80. The highest BCUT2D eigenvalue weighted by atomic mass is 32.1. The Balaban J connectivity index is 1.99. The van der Waals surface area contributed by atoms with Gasteiger partial charge in [0.15, 0.2) is 0 Å². The van der Waals surface area contributed by atoms with Crippen molar-refractivity contribution >= 4 is 18.5 Å². The van der Waals surface area contributed by atoms with Gasteiger partial charge in [0, 0.05) is 16.5 Å². The fraction of sp³-hybridized carbons (Fsp3) is 0.500. The third-order valence-electron chi connectivity index (χ3n) is 3.40. The first-order valence-electron chi connectivity index (χ1n) is 6.46. The van der Waals surface area contributed by atoms with E-state index in [-0.39, 0.29) is 16.8 Å². The van der Waals surface area contributed by atoms with Gasteiger partial charge in [0.1, 0.15) is 5.82 Å². The van der Waals surface area contributed by atoms with Crippen LogP contribution < -0.4 is 5.32 Å². The molecule has 1 saturated carbocycles. The fourth-order valence-electron chi connectivity index (χ4n) is 2.35. The number of thiol groups is 1. The first-order chi connectivity index (χ1) is 8.66. The normalized spacial score (nSPS) is 17.2. The molecular weight excluding hydrogens is 249 g/mol. The van der Waals surface area contributed by atoms with Gasteiger partial charge in [-0.15, -0.1) is 12.6 Å². The predicted octanol–water partition coefficient (Wildman–Crippen LogP) is 3.57. The molecule has 1 N–H and O–H groups in total. The lowest BCUT2D eigenvalue weighted by Crippen LogP contribution is -2.34. The number of rotatable bonds is 2. The van der Waals surface area contributed by atoms with E-state index in [0.717, 1.165) is 12.8 Å². The molecule has 1 amide bonds. The Morgan fingerprint density at radius 1 is 1.22 bits per heavy atom. The summed E-state index contributed by atoms with van der Waals surface area (Å²) in [5.41, 5.74) is 0.477. The molecule has 0 heterocycles. The van der Waals surface area contributed by atoms with E-state index in [1.807, 2.05) is 0 Å². The SMILES string of the molecule is O=C(NC1CCCCCC1)c1ccc(F)c(S)c1. The Kier molecular flexibility index (Phi) is 4.64. The summed E-state index contributed by atoms with van der Waals surface area (Å²) in [5.74, 6) is -0.526. The molecule has 0 spiro atoms. The Morgan fingerprint density at radius 2 is 1.89 bits per heavy atom. The molecule has 0 saturated heterocycles. The highest BCUT2D eigenvalue weighted by Gasteiger charge is 2.16. The molecule has 1 aromatic carbocycles. The zero-order valence-electron chi connectivity index (χ0n) is 10.3. The first-order valence-corrected chi connectivity index (χ1v) is 6.91. The van der Waals surface area contributed by atoms with Crippen LogP contribution in [0, 0.1) is 5.82 Å². The molecule has 4 heteroatoms. The molecule has 0 bridgehead atoms. The van der Waals surface area contributed by atoms with Crippen LogP contribution in [-0.2, 0) is 0 Å². The van der Waals surface area contributed by atoms with Crippen molar-refractivity contribution in [1.82, 2.24) is 5.32 Å². The Bertz CT molecular complexity index is 428. The number of nitrogens with one attached hydrogen (secondary N) is 1. The van der Waals surface area contributed by atoms with Gasteiger partial charge in [-0.2, -0.15) is 0 Å². The fourth-order valence-corrected chi connectivity index (χ4v) is 2.56.